The molecule has 3 heteroatoms. The van der Waals surface area contributed by atoms with E-state index in [0.29, 0.717) is 0 Å². The Balaban J connectivity index is 2.07. The number of unbranched alkanes of at least 4 members (excludes halogenated alkanes) is 7. The summed E-state index contributed by atoms with van der Waals surface area (Å²) in [4.78, 5) is 13.5. The first kappa shape index (κ1) is 18.2. The molecule has 0 bridgehead atoms. The van der Waals surface area contributed by atoms with E-state index in [4.69, 9.17) is 0 Å². The number of hydrogen-bond donors (Lipinski definition) is 0. The third-order valence-corrected chi connectivity index (χ3v) is 4.86. The zero-order valence-corrected chi connectivity index (χ0v) is 14.3. The lowest BCUT2D eigenvalue weighted by Crippen LogP contribution is -2.58. The summed E-state index contributed by atoms with van der Waals surface area (Å²) in [6, 6.07) is 0. The molecule has 0 N–H and O–H groups in total. The maximum absolute atomic E-state index is 11.6. The highest BCUT2D eigenvalue weighted by atomic mass is 16.2. The van der Waals surface area contributed by atoms with Gasteiger partial charge < -0.3 is 9.38 Å². The standard InChI is InChI=1S/C18H35N2O/c1-4-6-7-8-9-10-11-12-15-20(3)16-13-19(14-17-20)18(21)5-2/h5H,2,4,6-17H2,1,3H3/q+1. The van der Waals surface area contributed by atoms with Crippen LogP contribution in [0.25, 0.3) is 0 Å². The lowest BCUT2D eigenvalue weighted by Gasteiger charge is -2.42. The van der Waals surface area contributed by atoms with Crippen molar-refractivity contribution in [2.45, 2.75) is 58.3 Å². The number of carbonyl (C=O) groups is 1. The zero-order chi connectivity index (χ0) is 15.6. The minimum absolute atomic E-state index is 0.0910. The molecule has 1 saturated heterocycles. The number of quaternary nitrogens is 1. The fraction of sp³-hybridized carbons (Fsp3) is 0.833. The van der Waals surface area contributed by atoms with Gasteiger partial charge in [0, 0.05) is 0 Å². The van der Waals surface area contributed by atoms with Gasteiger partial charge in [-0.3, -0.25) is 4.79 Å². The van der Waals surface area contributed by atoms with Gasteiger partial charge in [0.1, 0.15) is 0 Å². The van der Waals surface area contributed by atoms with Crippen molar-refractivity contribution < 1.29 is 9.28 Å². The Morgan fingerprint density at radius 1 is 1.05 bits per heavy atom. The van der Waals surface area contributed by atoms with Gasteiger partial charge in [0.15, 0.2) is 0 Å². The van der Waals surface area contributed by atoms with E-state index in [1.54, 1.807) is 0 Å². The fourth-order valence-corrected chi connectivity index (χ4v) is 3.15. The van der Waals surface area contributed by atoms with Gasteiger partial charge in [0.05, 0.1) is 39.8 Å². The van der Waals surface area contributed by atoms with Gasteiger partial charge in [-0.25, -0.2) is 0 Å². The Bertz CT molecular complexity index is 306. The van der Waals surface area contributed by atoms with Crippen LogP contribution in [0.1, 0.15) is 58.3 Å². The van der Waals surface area contributed by atoms with Crippen LogP contribution in [0.4, 0.5) is 0 Å². The highest BCUT2D eigenvalue weighted by molar-refractivity contribution is 5.87. The molecule has 0 aromatic carbocycles. The summed E-state index contributed by atoms with van der Waals surface area (Å²) in [5.41, 5.74) is 0. The maximum Gasteiger partial charge on any atom is 0.246 e. The van der Waals surface area contributed by atoms with Crippen LogP contribution in [0.2, 0.25) is 0 Å². The predicted molar refractivity (Wildman–Crippen MR) is 90.2 cm³/mol. The normalized spacial score (nSPS) is 17.7. The summed E-state index contributed by atoms with van der Waals surface area (Å²) in [5.74, 6) is 0.0910. The molecule has 1 aliphatic rings. The van der Waals surface area contributed by atoms with Crippen molar-refractivity contribution in [1.29, 1.82) is 0 Å². The molecule has 0 saturated carbocycles. The van der Waals surface area contributed by atoms with Crippen molar-refractivity contribution in [2.24, 2.45) is 0 Å². The molecule has 3 nitrogen and oxygen atoms in total. The second-order valence-corrected chi connectivity index (χ2v) is 6.79. The van der Waals surface area contributed by atoms with Crippen LogP contribution in [0, 0.1) is 0 Å². The Labute approximate surface area is 131 Å². The van der Waals surface area contributed by atoms with Crippen molar-refractivity contribution in [3.63, 3.8) is 0 Å². The Morgan fingerprint density at radius 3 is 2.10 bits per heavy atom. The average Bonchev–Trinajstić information content (AvgIpc) is 2.50. The predicted octanol–water partition coefficient (Wildman–Crippen LogP) is 3.60. The second kappa shape index (κ2) is 9.99. The van der Waals surface area contributed by atoms with Crippen molar-refractivity contribution in [2.75, 3.05) is 39.8 Å². The maximum atomic E-state index is 11.6. The highest BCUT2D eigenvalue weighted by Gasteiger charge is 2.29. The summed E-state index contributed by atoms with van der Waals surface area (Å²) in [7, 11) is 2.34. The lowest BCUT2D eigenvalue weighted by molar-refractivity contribution is -0.913. The van der Waals surface area contributed by atoms with Gasteiger partial charge in [-0.2, -0.15) is 0 Å². The molecule has 0 unspecified atom stereocenters. The number of rotatable bonds is 10. The number of amides is 1. The molecular weight excluding hydrogens is 260 g/mol. The van der Waals surface area contributed by atoms with Crippen LogP contribution in [0.15, 0.2) is 12.7 Å². The molecule has 0 aromatic heterocycles. The van der Waals surface area contributed by atoms with Crippen LogP contribution >= 0.6 is 0 Å². The first-order valence-corrected chi connectivity index (χ1v) is 8.86. The van der Waals surface area contributed by atoms with Crippen molar-refractivity contribution >= 4 is 5.91 Å². The molecule has 1 amide bonds. The third-order valence-electron chi connectivity index (χ3n) is 4.86. The van der Waals surface area contributed by atoms with E-state index in [1.807, 2.05) is 4.90 Å². The first-order chi connectivity index (χ1) is 10.1. The van der Waals surface area contributed by atoms with Crippen LogP contribution in [-0.4, -0.2) is 55.1 Å². The van der Waals surface area contributed by atoms with Gasteiger partial charge >= 0.3 is 0 Å². The largest absolute Gasteiger partial charge is 0.328 e. The topological polar surface area (TPSA) is 20.3 Å². The summed E-state index contributed by atoms with van der Waals surface area (Å²) in [5, 5.41) is 0. The van der Waals surface area contributed by atoms with E-state index in [1.165, 1.54) is 64.0 Å². The van der Waals surface area contributed by atoms with E-state index >= 15 is 0 Å². The van der Waals surface area contributed by atoms with E-state index in [0.717, 1.165) is 30.7 Å². The number of likely N-dealkylation sites (N-methyl/N-ethyl adjacent to an activating group) is 1. The van der Waals surface area contributed by atoms with E-state index in [-0.39, 0.29) is 5.91 Å². The van der Waals surface area contributed by atoms with E-state index < -0.39 is 0 Å². The van der Waals surface area contributed by atoms with Gasteiger partial charge in [-0.05, 0) is 18.9 Å². The Hall–Kier alpha value is -0.830. The fourth-order valence-electron chi connectivity index (χ4n) is 3.15. The lowest BCUT2D eigenvalue weighted by atomic mass is 10.1. The number of carbonyl (C=O) groups excluding carboxylic acids is 1. The average molecular weight is 295 g/mol. The van der Waals surface area contributed by atoms with Crippen LogP contribution in [-0.2, 0) is 4.79 Å². The summed E-state index contributed by atoms with van der Waals surface area (Å²) in [6.45, 7) is 11.1. The molecule has 122 valence electrons. The molecule has 0 aliphatic carbocycles. The molecule has 1 fully saturated rings. The monoisotopic (exact) mass is 295 g/mol. The molecule has 1 heterocycles. The second-order valence-electron chi connectivity index (χ2n) is 6.79. The van der Waals surface area contributed by atoms with Crippen LogP contribution < -0.4 is 0 Å². The summed E-state index contributed by atoms with van der Waals surface area (Å²) in [6.07, 6.45) is 12.5. The van der Waals surface area contributed by atoms with Crippen molar-refractivity contribution in [3.05, 3.63) is 12.7 Å². The number of hydrogen-bond acceptors (Lipinski definition) is 1. The van der Waals surface area contributed by atoms with Crippen molar-refractivity contribution in [1.82, 2.24) is 4.90 Å². The van der Waals surface area contributed by atoms with Gasteiger partial charge in [-0.15, -0.1) is 0 Å². The molecule has 0 spiro atoms. The zero-order valence-electron chi connectivity index (χ0n) is 14.3. The number of piperazine rings is 1. The van der Waals surface area contributed by atoms with Gasteiger partial charge in [0.25, 0.3) is 0 Å². The van der Waals surface area contributed by atoms with E-state index in [2.05, 4.69) is 20.6 Å². The minimum Gasteiger partial charge on any atom is -0.328 e. The smallest absolute Gasteiger partial charge is 0.246 e. The molecular formula is C18H35N2O+. The van der Waals surface area contributed by atoms with Gasteiger partial charge in [0.2, 0.25) is 5.91 Å². The molecule has 21 heavy (non-hydrogen) atoms. The van der Waals surface area contributed by atoms with Crippen LogP contribution in [0.3, 0.4) is 0 Å². The Kier molecular flexibility index (Phi) is 8.67. The Morgan fingerprint density at radius 2 is 1.57 bits per heavy atom. The quantitative estimate of drug-likeness (QED) is 0.342. The SMILES string of the molecule is C=CC(=O)N1CC[N+](C)(CCCCCCCCCC)CC1. The summed E-state index contributed by atoms with van der Waals surface area (Å²) < 4.78 is 1.14. The molecule has 1 rings (SSSR count). The van der Waals surface area contributed by atoms with E-state index in [9.17, 15) is 4.79 Å². The molecule has 0 radical (unpaired) electrons. The number of nitrogens with zero attached hydrogens (tertiary/aromatic N) is 2. The molecule has 1 aliphatic heterocycles. The van der Waals surface area contributed by atoms with Crippen molar-refractivity contribution in [3.8, 4) is 0 Å². The minimum atomic E-state index is 0.0910. The first-order valence-electron chi connectivity index (χ1n) is 8.86. The highest BCUT2D eigenvalue weighted by Crippen LogP contribution is 2.14. The molecule has 0 atom stereocenters. The third kappa shape index (κ3) is 7.12. The van der Waals surface area contributed by atoms with Crippen LogP contribution in [0.5, 0.6) is 0 Å². The summed E-state index contributed by atoms with van der Waals surface area (Å²) >= 11 is 0. The molecule has 0 aromatic rings. The van der Waals surface area contributed by atoms with Gasteiger partial charge in [-0.1, -0.05) is 52.0 Å².